The van der Waals surface area contributed by atoms with Crippen molar-refractivity contribution in [2.45, 2.75) is 32.6 Å². The Morgan fingerprint density at radius 3 is 2.56 bits per heavy atom. The maximum atomic E-state index is 12.8. The molecule has 0 saturated carbocycles. The monoisotopic (exact) mass is 253 g/mol. The molecule has 4 nitrogen and oxygen atoms in total. The molecule has 0 bridgehead atoms. The quantitative estimate of drug-likeness (QED) is 0.813. The number of piperidine rings is 1. The minimum absolute atomic E-state index is 0.108. The first-order valence-corrected chi connectivity index (χ1v) is 7.36. The van der Waals surface area contributed by atoms with Gasteiger partial charge in [0, 0.05) is 32.7 Å². The zero-order chi connectivity index (χ0) is 13.0. The Bertz CT molecular complexity index is 273. The number of carbonyl (C=O) groups excluding carboxylic acids is 1. The van der Waals surface area contributed by atoms with E-state index >= 15 is 0 Å². The van der Waals surface area contributed by atoms with Gasteiger partial charge in [-0.1, -0.05) is 13.3 Å². The highest BCUT2D eigenvalue weighted by Gasteiger charge is 2.41. The molecule has 2 heterocycles. The van der Waals surface area contributed by atoms with Crippen LogP contribution in [0.4, 0.5) is 0 Å². The van der Waals surface area contributed by atoms with E-state index in [1.807, 2.05) is 0 Å². The van der Waals surface area contributed by atoms with Gasteiger partial charge >= 0.3 is 0 Å². The third-order valence-corrected chi connectivity index (χ3v) is 4.44. The normalized spacial score (nSPS) is 30.4. The molecule has 1 atom stereocenters. The van der Waals surface area contributed by atoms with Gasteiger partial charge in [0.15, 0.2) is 0 Å². The molecule has 2 saturated heterocycles. The van der Waals surface area contributed by atoms with Crippen LogP contribution < -0.4 is 5.32 Å². The molecular formula is C14H27N3O. The van der Waals surface area contributed by atoms with Crippen LogP contribution in [0.15, 0.2) is 0 Å². The number of likely N-dealkylation sites (N-methyl/N-ethyl adjacent to an activating group) is 1. The number of nitrogens with one attached hydrogen (secondary N) is 1. The smallest absolute Gasteiger partial charge is 0.230 e. The number of nitrogens with zero attached hydrogens (tertiary/aromatic N) is 2. The lowest BCUT2D eigenvalue weighted by Crippen LogP contribution is -2.56. The Morgan fingerprint density at radius 1 is 1.28 bits per heavy atom. The summed E-state index contributed by atoms with van der Waals surface area (Å²) in [4.78, 5) is 17.2. The highest BCUT2D eigenvalue weighted by molar-refractivity contribution is 5.83. The van der Waals surface area contributed by atoms with Crippen LogP contribution in [0.5, 0.6) is 0 Å². The number of hydrogen-bond donors (Lipinski definition) is 1. The van der Waals surface area contributed by atoms with Gasteiger partial charge in [-0.25, -0.2) is 0 Å². The van der Waals surface area contributed by atoms with Crippen LogP contribution in [0.1, 0.15) is 32.6 Å². The molecule has 1 amide bonds. The van der Waals surface area contributed by atoms with Crippen LogP contribution >= 0.6 is 0 Å². The van der Waals surface area contributed by atoms with E-state index in [0.717, 1.165) is 65.0 Å². The number of rotatable bonds is 3. The van der Waals surface area contributed by atoms with Gasteiger partial charge in [-0.2, -0.15) is 0 Å². The van der Waals surface area contributed by atoms with E-state index in [0.29, 0.717) is 5.91 Å². The molecule has 104 valence electrons. The van der Waals surface area contributed by atoms with E-state index in [-0.39, 0.29) is 5.41 Å². The van der Waals surface area contributed by atoms with Crippen LogP contribution in [0.2, 0.25) is 0 Å². The Labute approximate surface area is 111 Å². The fourth-order valence-electron chi connectivity index (χ4n) is 3.29. The fraction of sp³-hybridized carbons (Fsp3) is 0.929. The van der Waals surface area contributed by atoms with Crippen molar-refractivity contribution >= 4 is 5.91 Å². The van der Waals surface area contributed by atoms with Crippen LogP contribution in [0, 0.1) is 5.41 Å². The van der Waals surface area contributed by atoms with Gasteiger partial charge in [-0.15, -0.1) is 0 Å². The molecule has 0 aromatic rings. The second-order valence-corrected chi connectivity index (χ2v) is 5.91. The van der Waals surface area contributed by atoms with Crippen molar-refractivity contribution < 1.29 is 4.79 Å². The van der Waals surface area contributed by atoms with Gasteiger partial charge in [0.2, 0.25) is 5.91 Å². The molecule has 18 heavy (non-hydrogen) atoms. The standard InChI is InChI=1S/C14H27N3O/c1-3-5-14(6-4-7-15-12-14)13(18)17-10-8-16(2)9-11-17/h15H,3-12H2,1-2H3. The molecule has 1 N–H and O–H groups in total. The van der Waals surface area contributed by atoms with Gasteiger partial charge in [0.05, 0.1) is 5.41 Å². The minimum Gasteiger partial charge on any atom is -0.340 e. The molecule has 0 aromatic heterocycles. The summed E-state index contributed by atoms with van der Waals surface area (Å²) in [5, 5.41) is 3.43. The highest BCUT2D eigenvalue weighted by Crippen LogP contribution is 2.34. The van der Waals surface area contributed by atoms with Crippen molar-refractivity contribution in [2.24, 2.45) is 5.41 Å². The largest absolute Gasteiger partial charge is 0.340 e. The fourth-order valence-corrected chi connectivity index (χ4v) is 3.29. The average molecular weight is 253 g/mol. The van der Waals surface area contributed by atoms with E-state index in [9.17, 15) is 4.79 Å². The number of hydrogen-bond acceptors (Lipinski definition) is 3. The maximum Gasteiger partial charge on any atom is 0.230 e. The molecule has 2 rings (SSSR count). The average Bonchev–Trinajstić information content (AvgIpc) is 2.40. The van der Waals surface area contributed by atoms with Crippen LogP contribution in [0.25, 0.3) is 0 Å². The topological polar surface area (TPSA) is 35.6 Å². The zero-order valence-electron chi connectivity index (χ0n) is 11.9. The van der Waals surface area contributed by atoms with Gasteiger partial charge in [0.1, 0.15) is 0 Å². The van der Waals surface area contributed by atoms with E-state index in [1.165, 1.54) is 0 Å². The van der Waals surface area contributed by atoms with Crippen LogP contribution in [-0.2, 0) is 4.79 Å². The second kappa shape index (κ2) is 6.02. The predicted octanol–water partition coefficient (Wildman–Crippen LogP) is 0.930. The van der Waals surface area contributed by atoms with E-state index in [2.05, 4.69) is 29.1 Å². The lowest BCUT2D eigenvalue weighted by molar-refractivity contribution is -0.145. The molecule has 2 aliphatic rings. The molecule has 0 radical (unpaired) electrons. The maximum absolute atomic E-state index is 12.8. The second-order valence-electron chi connectivity index (χ2n) is 5.91. The summed E-state index contributed by atoms with van der Waals surface area (Å²) < 4.78 is 0. The molecule has 0 aromatic carbocycles. The van der Waals surface area contributed by atoms with Crippen molar-refractivity contribution in [3.63, 3.8) is 0 Å². The zero-order valence-corrected chi connectivity index (χ0v) is 11.9. The molecule has 2 aliphatic heterocycles. The van der Waals surface area contributed by atoms with Gasteiger partial charge < -0.3 is 15.1 Å². The molecule has 1 unspecified atom stereocenters. The summed E-state index contributed by atoms with van der Waals surface area (Å²) in [6.45, 7) is 7.98. The van der Waals surface area contributed by atoms with Crippen LogP contribution in [0.3, 0.4) is 0 Å². The summed E-state index contributed by atoms with van der Waals surface area (Å²) in [7, 11) is 2.13. The number of amides is 1. The van der Waals surface area contributed by atoms with Crippen molar-refractivity contribution in [2.75, 3.05) is 46.3 Å². The molecule has 0 aliphatic carbocycles. The first kappa shape index (κ1) is 13.8. The summed E-state index contributed by atoms with van der Waals surface area (Å²) in [6.07, 6.45) is 4.34. The summed E-state index contributed by atoms with van der Waals surface area (Å²) in [5.41, 5.74) is -0.108. The Kier molecular flexibility index (Phi) is 4.62. The Balaban J connectivity index is 2.03. The summed E-state index contributed by atoms with van der Waals surface area (Å²) >= 11 is 0. The molecule has 0 spiro atoms. The predicted molar refractivity (Wildman–Crippen MR) is 73.5 cm³/mol. The van der Waals surface area contributed by atoms with Gasteiger partial charge in [-0.3, -0.25) is 4.79 Å². The number of carbonyl (C=O) groups is 1. The molecular weight excluding hydrogens is 226 g/mol. The first-order valence-electron chi connectivity index (χ1n) is 7.36. The van der Waals surface area contributed by atoms with Crippen molar-refractivity contribution in [1.29, 1.82) is 0 Å². The lowest BCUT2D eigenvalue weighted by atomic mass is 9.75. The SMILES string of the molecule is CCCC1(C(=O)N2CCN(C)CC2)CCCNC1. The van der Waals surface area contributed by atoms with Crippen molar-refractivity contribution in [3.05, 3.63) is 0 Å². The minimum atomic E-state index is -0.108. The van der Waals surface area contributed by atoms with Crippen molar-refractivity contribution in [3.8, 4) is 0 Å². The third-order valence-electron chi connectivity index (χ3n) is 4.44. The first-order chi connectivity index (χ1) is 8.68. The molecule has 4 heteroatoms. The lowest BCUT2D eigenvalue weighted by Gasteiger charge is -2.42. The van der Waals surface area contributed by atoms with Crippen molar-refractivity contribution in [1.82, 2.24) is 15.1 Å². The van der Waals surface area contributed by atoms with E-state index < -0.39 is 0 Å². The van der Waals surface area contributed by atoms with E-state index in [1.54, 1.807) is 0 Å². The van der Waals surface area contributed by atoms with E-state index in [4.69, 9.17) is 0 Å². The third kappa shape index (κ3) is 2.86. The van der Waals surface area contributed by atoms with Crippen LogP contribution in [-0.4, -0.2) is 62.0 Å². The number of piperazine rings is 1. The Hall–Kier alpha value is -0.610. The summed E-state index contributed by atoms with van der Waals surface area (Å²) in [5.74, 6) is 0.407. The van der Waals surface area contributed by atoms with Gasteiger partial charge in [0.25, 0.3) is 0 Å². The van der Waals surface area contributed by atoms with Gasteiger partial charge in [-0.05, 0) is 32.9 Å². The summed E-state index contributed by atoms with van der Waals surface area (Å²) in [6, 6.07) is 0. The molecule has 2 fully saturated rings. The highest BCUT2D eigenvalue weighted by atomic mass is 16.2. The Morgan fingerprint density at radius 2 is 2.00 bits per heavy atom.